The molecule has 0 bridgehead atoms. The zero-order valence-corrected chi connectivity index (χ0v) is 33.5. The number of rotatable bonds is 20. The highest BCUT2D eigenvalue weighted by atomic mass is 32.2. The molecule has 0 radical (unpaired) electrons. The van der Waals surface area contributed by atoms with Gasteiger partial charge in [0.15, 0.2) is 0 Å². The minimum atomic E-state index is -5.09. The zero-order chi connectivity index (χ0) is 41.3. The van der Waals surface area contributed by atoms with Crippen molar-refractivity contribution in [1.82, 2.24) is 19.7 Å². The molecule has 3 heterocycles. The van der Waals surface area contributed by atoms with Crippen molar-refractivity contribution in [2.24, 2.45) is 5.73 Å². The number of carboxylic acids is 1. The summed E-state index contributed by atoms with van der Waals surface area (Å²) in [6, 6.07) is 13.8. The van der Waals surface area contributed by atoms with Crippen LogP contribution in [0.1, 0.15) is 28.8 Å². The number of amides is 1. The quantitative estimate of drug-likeness (QED) is 0.0622. The lowest BCUT2D eigenvalue weighted by Gasteiger charge is -2.30. The molecule has 5 N–H and O–H groups in total. The molecule has 1 fully saturated rings. The van der Waals surface area contributed by atoms with Crippen LogP contribution in [0.5, 0.6) is 11.5 Å². The van der Waals surface area contributed by atoms with E-state index in [-0.39, 0.29) is 66.5 Å². The minimum Gasteiger partial charge on any atom is -0.491 e. The van der Waals surface area contributed by atoms with Gasteiger partial charge in [-0.2, -0.15) is 13.9 Å². The summed E-state index contributed by atoms with van der Waals surface area (Å²) < 4.78 is 85.8. The van der Waals surface area contributed by atoms with Gasteiger partial charge in [0.1, 0.15) is 53.0 Å². The Labute approximate surface area is 329 Å². The first kappa shape index (κ1) is 42.9. The number of benzene rings is 2. The minimum absolute atomic E-state index is 0.0223. The second-order valence-electron chi connectivity index (χ2n) is 14.6. The summed E-state index contributed by atoms with van der Waals surface area (Å²) in [6.45, 7) is 8.02. The van der Waals surface area contributed by atoms with E-state index in [1.54, 1.807) is 24.3 Å². The van der Waals surface area contributed by atoms with Gasteiger partial charge in [0.25, 0.3) is 15.9 Å². The van der Waals surface area contributed by atoms with Crippen molar-refractivity contribution in [3.8, 4) is 22.8 Å². The summed E-state index contributed by atoms with van der Waals surface area (Å²) in [6.07, 6.45) is 2.95. The van der Waals surface area contributed by atoms with E-state index in [1.165, 1.54) is 41.2 Å². The monoisotopic (exact) mass is 833 g/mol. The van der Waals surface area contributed by atoms with Gasteiger partial charge in [-0.1, -0.05) is 37.8 Å². The van der Waals surface area contributed by atoms with Crippen LogP contribution in [0.25, 0.3) is 11.3 Å². The van der Waals surface area contributed by atoms with Crippen molar-refractivity contribution >= 4 is 47.3 Å². The number of pyridine rings is 1. The molecular weight excluding hydrogens is 788 g/mol. The Hall–Kier alpha value is -5.18. The van der Waals surface area contributed by atoms with Crippen LogP contribution in [0.2, 0.25) is 25.7 Å². The van der Waals surface area contributed by atoms with Gasteiger partial charge in [-0.15, -0.1) is 0 Å². The van der Waals surface area contributed by atoms with Crippen LogP contribution >= 0.6 is 0 Å². The predicted molar refractivity (Wildman–Crippen MR) is 210 cm³/mol. The number of primary amides is 1. The Bertz CT molecular complexity index is 2110. The average molecular weight is 834 g/mol. The van der Waals surface area contributed by atoms with E-state index in [1.807, 2.05) is 9.62 Å². The van der Waals surface area contributed by atoms with Crippen molar-refractivity contribution < 1.29 is 50.5 Å². The number of aromatic nitrogens is 3. The van der Waals surface area contributed by atoms with E-state index < -0.39 is 41.5 Å². The third-order valence-electron chi connectivity index (χ3n) is 8.89. The number of nitrogens with two attached hydrogens (primary N) is 1. The van der Waals surface area contributed by atoms with Gasteiger partial charge in [-0.25, -0.2) is 22.5 Å². The van der Waals surface area contributed by atoms with Crippen LogP contribution in [0.15, 0.2) is 60.8 Å². The van der Waals surface area contributed by atoms with Crippen molar-refractivity contribution in [2.75, 3.05) is 42.9 Å². The maximum atomic E-state index is 13.4. The van der Waals surface area contributed by atoms with E-state index in [2.05, 4.69) is 35.0 Å². The van der Waals surface area contributed by atoms with E-state index in [0.29, 0.717) is 49.7 Å². The number of nitrogens with one attached hydrogen (secondary N) is 2. The molecule has 5 rings (SSSR count). The number of carbonyl (C=O) groups is 2. The molecule has 0 saturated carbocycles. The maximum Gasteiger partial charge on any atom is 0.355 e. The van der Waals surface area contributed by atoms with Gasteiger partial charge < -0.3 is 30.4 Å². The number of nitrogens with zero attached hydrogens (tertiary/aromatic N) is 4. The van der Waals surface area contributed by atoms with Gasteiger partial charge in [-0.05, 0) is 60.8 Å². The number of piperidine rings is 1. The molecule has 1 amide bonds. The fraction of sp³-hybridized carbons (Fsp3) is 0.405. The molecule has 0 unspecified atom stereocenters. The van der Waals surface area contributed by atoms with Crippen molar-refractivity contribution in [3.05, 3.63) is 77.7 Å². The molecule has 4 aromatic rings. The summed E-state index contributed by atoms with van der Waals surface area (Å²) in [4.78, 5) is 30.6. The van der Waals surface area contributed by atoms with E-state index in [9.17, 15) is 31.2 Å². The van der Waals surface area contributed by atoms with E-state index >= 15 is 0 Å². The third kappa shape index (κ3) is 12.4. The summed E-state index contributed by atoms with van der Waals surface area (Å²) in [5, 5.41) is 16.8. The molecular formula is C37H46F3N7O8SSi. The summed E-state index contributed by atoms with van der Waals surface area (Å²) in [5.74, 6) is -5.12. The molecule has 0 spiro atoms. The number of ether oxygens (including phenoxy) is 3. The molecule has 15 nitrogen and oxygen atoms in total. The largest absolute Gasteiger partial charge is 0.491 e. The standard InChI is InChI=1S/C37H46F3N7O8SSi/c1-57(2,3)19-18-53-23-47-36(43-31-11-9-28(21-42-31)55-27-12-15-46(16-13-27)22-32(48)49)33(35(41)50)34(44-47)25-6-10-29(45-56(51,52)37(39)40)30(20-25)54-17-14-24-4-7-26(38)8-5-24/h4-11,20-21,27,37,45H,12-19,22-23H2,1-3H3,(H2,41,50)(H,42,43)(H,48,49). The molecule has 1 aliphatic heterocycles. The molecule has 0 atom stereocenters. The SMILES string of the molecule is C[Si](C)(C)CCOCn1nc(-c2ccc(NS(=O)(=O)C(F)F)c(OCCc3ccc(F)cc3)c2)c(C(N)=O)c1Nc1ccc(OC2CCN(CC(=O)O)CC2)cn1. The number of carboxylic acid groups (broad SMARTS) is 1. The number of hydrogen-bond donors (Lipinski definition) is 4. The van der Waals surface area contributed by atoms with Crippen LogP contribution in [-0.4, -0.2) is 97.8 Å². The zero-order valence-electron chi connectivity index (χ0n) is 31.7. The molecule has 1 saturated heterocycles. The maximum absolute atomic E-state index is 13.4. The average Bonchev–Trinajstić information content (AvgIpc) is 3.50. The lowest BCUT2D eigenvalue weighted by molar-refractivity contribution is -0.138. The summed E-state index contributed by atoms with van der Waals surface area (Å²) >= 11 is 0. The Kier molecular flexibility index (Phi) is 14.2. The Balaban J connectivity index is 1.44. The highest BCUT2D eigenvalue weighted by molar-refractivity contribution is 7.93. The molecule has 308 valence electrons. The smallest absolute Gasteiger partial charge is 0.355 e. The molecule has 1 aliphatic rings. The highest BCUT2D eigenvalue weighted by Crippen LogP contribution is 2.36. The molecule has 57 heavy (non-hydrogen) atoms. The van der Waals surface area contributed by atoms with Crippen LogP contribution in [-0.2, 0) is 32.7 Å². The number of sulfonamides is 1. The summed E-state index contributed by atoms with van der Waals surface area (Å²) in [5.41, 5.74) is 6.59. The van der Waals surface area contributed by atoms with Gasteiger partial charge in [0.05, 0.1) is 25.0 Å². The van der Waals surface area contributed by atoms with Crippen molar-refractivity contribution in [2.45, 2.75) is 63.5 Å². The normalized spacial score (nSPS) is 14.1. The Morgan fingerprint density at radius 2 is 1.77 bits per heavy atom. The van der Waals surface area contributed by atoms with Gasteiger partial charge in [0, 0.05) is 39.8 Å². The lowest BCUT2D eigenvalue weighted by atomic mass is 10.1. The fourth-order valence-corrected chi connectivity index (χ4v) is 7.18. The second kappa shape index (κ2) is 18.8. The summed E-state index contributed by atoms with van der Waals surface area (Å²) in [7, 11) is -6.56. The highest BCUT2D eigenvalue weighted by Gasteiger charge is 2.28. The molecule has 2 aromatic heterocycles. The molecule has 2 aromatic carbocycles. The second-order valence-corrected chi connectivity index (χ2v) is 21.9. The molecule has 0 aliphatic carbocycles. The number of alkyl halides is 2. The van der Waals surface area contributed by atoms with Crippen LogP contribution in [0.3, 0.4) is 0 Å². The number of carbonyl (C=O) groups excluding carboxylic acids is 1. The Morgan fingerprint density at radius 3 is 2.39 bits per heavy atom. The number of hydrogen-bond acceptors (Lipinski definition) is 11. The van der Waals surface area contributed by atoms with Gasteiger partial charge >= 0.3 is 11.7 Å². The lowest BCUT2D eigenvalue weighted by Crippen LogP contribution is -2.40. The number of anilines is 3. The first-order valence-electron chi connectivity index (χ1n) is 18.1. The van der Waals surface area contributed by atoms with Crippen LogP contribution < -0.4 is 25.2 Å². The first-order valence-corrected chi connectivity index (χ1v) is 23.4. The number of aliphatic carboxylic acids is 1. The molecule has 20 heteroatoms. The number of likely N-dealkylation sites (tertiary alicyclic amines) is 1. The topological polar surface area (TPSA) is 200 Å². The third-order valence-corrected chi connectivity index (χ3v) is 11.6. The van der Waals surface area contributed by atoms with Gasteiger partial charge in [0.2, 0.25) is 0 Å². The first-order chi connectivity index (χ1) is 27.0. The van der Waals surface area contributed by atoms with Crippen LogP contribution in [0, 0.1) is 5.82 Å². The van der Waals surface area contributed by atoms with Crippen molar-refractivity contribution in [1.29, 1.82) is 0 Å². The Morgan fingerprint density at radius 1 is 1.05 bits per heavy atom. The number of halogens is 3. The van der Waals surface area contributed by atoms with E-state index in [4.69, 9.17) is 25.1 Å². The van der Waals surface area contributed by atoms with E-state index in [0.717, 1.165) is 6.04 Å². The van der Waals surface area contributed by atoms with Crippen molar-refractivity contribution in [3.63, 3.8) is 0 Å². The predicted octanol–water partition coefficient (Wildman–Crippen LogP) is 5.75. The van der Waals surface area contributed by atoms with Gasteiger partial charge in [-0.3, -0.25) is 19.2 Å². The fourth-order valence-electron chi connectivity index (χ4n) is 5.86. The van der Waals surface area contributed by atoms with Crippen LogP contribution in [0.4, 0.5) is 30.5 Å².